The van der Waals surface area contributed by atoms with Crippen LogP contribution >= 0.6 is 23.6 Å². The normalized spacial score (nSPS) is 12.4. The zero-order valence-electron chi connectivity index (χ0n) is 17.3. The molecule has 3 rings (SSSR count). The van der Waals surface area contributed by atoms with E-state index in [9.17, 15) is 14.4 Å². The molecule has 0 atom stereocenters. The zero-order chi connectivity index (χ0) is 22.5. The van der Waals surface area contributed by atoms with E-state index in [4.69, 9.17) is 26.4 Å². The minimum absolute atomic E-state index is 0.149. The third-order valence-electron chi connectivity index (χ3n) is 4.88. The van der Waals surface area contributed by atoms with E-state index in [1.807, 2.05) is 0 Å². The van der Waals surface area contributed by atoms with Crippen LogP contribution in [0.2, 0.25) is 0 Å². The van der Waals surface area contributed by atoms with E-state index in [-0.39, 0.29) is 21.9 Å². The van der Waals surface area contributed by atoms with Crippen molar-refractivity contribution in [1.29, 1.82) is 0 Å². The Balaban J connectivity index is 1.90. The van der Waals surface area contributed by atoms with Gasteiger partial charge in [0.25, 0.3) is 0 Å². The van der Waals surface area contributed by atoms with Crippen LogP contribution in [0.15, 0.2) is 18.2 Å². The first-order chi connectivity index (χ1) is 14.9. The second-order valence-corrected chi connectivity index (χ2v) is 8.24. The van der Waals surface area contributed by atoms with Crippen molar-refractivity contribution in [2.75, 3.05) is 32.0 Å². The van der Waals surface area contributed by atoms with Gasteiger partial charge in [0, 0.05) is 4.88 Å². The number of carbonyl (C=O) groups excluding carboxylic acids is 3. The molecule has 0 aliphatic heterocycles. The number of ether oxygens (including phenoxy) is 3. The Morgan fingerprint density at radius 3 is 2.29 bits per heavy atom. The molecule has 1 heterocycles. The van der Waals surface area contributed by atoms with E-state index < -0.39 is 17.9 Å². The van der Waals surface area contributed by atoms with Gasteiger partial charge in [0.05, 0.1) is 43.7 Å². The summed E-state index contributed by atoms with van der Waals surface area (Å²) in [4.78, 5) is 37.6. The fourth-order valence-corrected chi connectivity index (χ4v) is 4.97. The number of carbonyl (C=O) groups is 3. The maximum absolute atomic E-state index is 12.4. The first-order valence-electron chi connectivity index (χ1n) is 9.51. The second kappa shape index (κ2) is 9.88. The molecule has 0 unspecified atom stereocenters. The molecule has 31 heavy (non-hydrogen) atoms. The van der Waals surface area contributed by atoms with Crippen molar-refractivity contribution >= 4 is 57.3 Å². The van der Waals surface area contributed by atoms with Crippen LogP contribution in [0.25, 0.3) is 0 Å². The van der Waals surface area contributed by atoms with Crippen molar-refractivity contribution in [3.8, 4) is 0 Å². The van der Waals surface area contributed by atoms with E-state index in [1.165, 1.54) is 50.9 Å². The average Bonchev–Trinajstić information content (AvgIpc) is 3.14. The summed E-state index contributed by atoms with van der Waals surface area (Å²) in [5.41, 5.74) is 2.19. The molecule has 0 saturated carbocycles. The van der Waals surface area contributed by atoms with E-state index in [2.05, 4.69) is 10.6 Å². The van der Waals surface area contributed by atoms with Crippen LogP contribution in [0, 0.1) is 0 Å². The predicted molar refractivity (Wildman–Crippen MR) is 121 cm³/mol. The fraction of sp³-hybridized carbons (Fsp3) is 0.333. The molecule has 0 saturated heterocycles. The molecule has 8 nitrogen and oxygen atoms in total. The lowest BCUT2D eigenvalue weighted by Gasteiger charge is -2.14. The highest BCUT2D eigenvalue weighted by Crippen LogP contribution is 2.38. The van der Waals surface area contributed by atoms with Crippen molar-refractivity contribution in [3.63, 3.8) is 0 Å². The Bertz CT molecular complexity index is 1050. The van der Waals surface area contributed by atoms with Crippen molar-refractivity contribution in [2.24, 2.45) is 0 Å². The molecule has 2 aromatic rings. The van der Waals surface area contributed by atoms with Crippen LogP contribution in [-0.2, 0) is 27.1 Å². The number of rotatable bonds is 5. The summed E-state index contributed by atoms with van der Waals surface area (Å²) >= 11 is 6.89. The molecular weight excluding hydrogens is 440 g/mol. The van der Waals surface area contributed by atoms with Crippen molar-refractivity contribution in [2.45, 2.75) is 25.7 Å². The third kappa shape index (κ3) is 4.86. The van der Waals surface area contributed by atoms with E-state index in [0.29, 0.717) is 10.6 Å². The molecule has 1 aromatic heterocycles. The molecule has 2 N–H and O–H groups in total. The summed E-state index contributed by atoms with van der Waals surface area (Å²) in [6, 6.07) is 4.36. The third-order valence-corrected chi connectivity index (χ3v) is 6.29. The highest BCUT2D eigenvalue weighted by molar-refractivity contribution is 7.80. The summed E-state index contributed by atoms with van der Waals surface area (Å²) in [5, 5.41) is 6.70. The Morgan fingerprint density at radius 2 is 1.61 bits per heavy atom. The quantitative estimate of drug-likeness (QED) is 0.390. The lowest BCUT2D eigenvalue weighted by atomic mass is 9.95. The molecular formula is C21H22N2O6S2. The lowest BCUT2D eigenvalue weighted by molar-refractivity contribution is 0.0587. The Kier molecular flexibility index (Phi) is 7.24. The van der Waals surface area contributed by atoms with Crippen LogP contribution in [0.1, 0.15) is 54.4 Å². The SMILES string of the molecule is COC(=O)c1ccc(C(=O)OC)c(NC(=S)Nc2sc3c(c2C(=O)OC)CCCC3)c1. The molecule has 1 aliphatic rings. The summed E-state index contributed by atoms with van der Waals surface area (Å²) in [6.45, 7) is 0. The molecule has 0 bridgehead atoms. The van der Waals surface area contributed by atoms with Gasteiger partial charge in [0.15, 0.2) is 5.11 Å². The van der Waals surface area contributed by atoms with Gasteiger partial charge in [0.1, 0.15) is 5.00 Å². The van der Waals surface area contributed by atoms with Crippen LogP contribution in [0.4, 0.5) is 10.7 Å². The first-order valence-corrected chi connectivity index (χ1v) is 10.7. The van der Waals surface area contributed by atoms with Crippen LogP contribution in [0.3, 0.4) is 0 Å². The number of fused-ring (bicyclic) bond motifs is 1. The van der Waals surface area contributed by atoms with E-state index >= 15 is 0 Å². The average molecular weight is 463 g/mol. The number of hydrogen-bond acceptors (Lipinski definition) is 8. The number of methoxy groups -OCH3 is 3. The minimum atomic E-state index is -0.594. The number of nitrogens with one attached hydrogen (secondary N) is 2. The summed E-state index contributed by atoms with van der Waals surface area (Å²) in [5.74, 6) is -1.58. The van der Waals surface area contributed by atoms with Gasteiger partial charge in [-0.05, 0) is 61.7 Å². The van der Waals surface area contributed by atoms with Gasteiger partial charge in [-0.2, -0.15) is 0 Å². The highest BCUT2D eigenvalue weighted by Gasteiger charge is 2.26. The van der Waals surface area contributed by atoms with Gasteiger partial charge in [-0.25, -0.2) is 14.4 Å². The van der Waals surface area contributed by atoms with Gasteiger partial charge in [-0.3, -0.25) is 0 Å². The van der Waals surface area contributed by atoms with Crippen molar-refractivity contribution in [1.82, 2.24) is 0 Å². The molecule has 10 heteroatoms. The summed E-state index contributed by atoms with van der Waals surface area (Å²) in [7, 11) is 3.87. The topological polar surface area (TPSA) is 103 Å². The Hall–Kier alpha value is -2.98. The summed E-state index contributed by atoms with van der Waals surface area (Å²) in [6.07, 6.45) is 3.79. The molecule has 1 aliphatic carbocycles. The molecule has 0 spiro atoms. The van der Waals surface area contributed by atoms with Crippen LogP contribution in [-0.4, -0.2) is 44.3 Å². The number of thiophene rings is 1. The lowest BCUT2D eigenvalue weighted by Crippen LogP contribution is -2.22. The highest BCUT2D eigenvalue weighted by atomic mass is 32.1. The maximum atomic E-state index is 12.4. The number of anilines is 2. The molecule has 0 amide bonds. The van der Waals surface area contributed by atoms with Crippen LogP contribution < -0.4 is 10.6 Å². The molecule has 0 fully saturated rings. The fourth-order valence-electron chi connectivity index (χ4n) is 3.41. The van der Waals surface area contributed by atoms with Gasteiger partial charge in [-0.15, -0.1) is 11.3 Å². The Labute approximate surface area is 188 Å². The minimum Gasteiger partial charge on any atom is -0.465 e. The zero-order valence-corrected chi connectivity index (χ0v) is 19.0. The van der Waals surface area contributed by atoms with Crippen molar-refractivity contribution in [3.05, 3.63) is 45.3 Å². The van der Waals surface area contributed by atoms with E-state index in [0.717, 1.165) is 36.1 Å². The monoisotopic (exact) mass is 462 g/mol. The van der Waals surface area contributed by atoms with Gasteiger partial charge >= 0.3 is 17.9 Å². The molecule has 0 radical (unpaired) electrons. The number of aryl methyl sites for hydroxylation is 1. The number of benzene rings is 1. The Morgan fingerprint density at radius 1 is 0.935 bits per heavy atom. The molecule has 164 valence electrons. The second-order valence-electron chi connectivity index (χ2n) is 6.73. The molecule has 1 aromatic carbocycles. The van der Waals surface area contributed by atoms with Gasteiger partial charge < -0.3 is 24.8 Å². The van der Waals surface area contributed by atoms with Crippen molar-refractivity contribution < 1.29 is 28.6 Å². The predicted octanol–water partition coefficient (Wildman–Crippen LogP) is 3.80. The number of hydrogen-bond donors (Lipinski definition) is 2. The van der Waals surface area contributed by atoms with E-state index in [1.54, 1.807) is 0 Å². The van der Waals surface area contributed by atoms with Crippen LogP contribution in [0.5, 0.6) is 0 Å². The summed E-state index contributed by atoms with van der Waals surface area (Å²) < 4.78 is 14.5. The smallest absolute Gasteiger partial charge is 0.341 e. The number of thiocarbonyl (C=S) groups is 1. The van der Waals surface area contributed by atoms with Gasteiger partial charge in [0.2, 0.25) is 0 Å². The van der Waals surface area contributed by atoms with Gasteiger partial charge in [-0.1, -0.05) is 0 Å². The number of esters is 3. The maximum Gasteiger partial charge on any atom is 0.341 e. The standard InChI is InChI=1S/C21H22N2O6S2/c1-27-18(24)11-8-9-12(19(25)28-2)14(10-11)22-21(30)23-17-16(20(26)29-3)13-6-4-5-7-15(13)31-17/h8-10H,4-7H2,1-3H3,(H2,22,23,30). The largest absolute Gasteiger partial charge is 0.465 e. The first kappa shape index (κ1) is 22.7.